The highest BCUT2D eigenvalue weighted by Crippen LogP contribution is 2.67. The number of primary amides is 1. The van der Waals surface area contributed by atoms with Gasteiger partial charge in [0.1, 0.15) is 0 Å². The third-order valence-corrected chi connectivity index (χ3v) is 7.58. The molecule has 0 aliphatic heterocycles. The number of nitrogens with one attached hydrogen (secondary N) is 1. The molecule has 1 aliphatic rings. The number of fused-ring (bicyclic) bond motifs is 1. The number of hydrogen-bond donors (Lipinski definition) is 2. The van der Waals surface area contributed by atoms with Crippen molar-refractivity contribution in [1.82, 2.24) is 20.1 Å². The number of nitrogens with two attached hydrogens (primary N) is 1. The van der Waals surface area contributed by atoms with E-state index in [2.05, 4.69) is 15.2 Å². The van der Waals surface area contributed by atoms with Crippen LogP contribution in [0.3, 0.4) is 0 Å². The van der Waals surface area contributed by atoms with Crippen LogP contribution in [0.15, 0.2) is 42.9 Å². The monoisotopic (exact) mass is 493 g/mol. The van der Waals surface area contributed by atoms with Gasteiger partial charge in [0.25, 0.3) is 0 Å². The van der Waals surface area contributed by atoms with Crippen LogP contribution >= 0.6 is 11.6 Å². The molecule has 4 rings (SSSR count). The second-order valence-electron chi connectivity index (χ2n) is 9.35. The molecule has 10 heteroatoms. The summed E-state index contributed by atoms with van der Waals surface area (Å²) in [5.74, 6) is -2.83. The minimum absolute atomic E-state index is 0.0249. The van der Waals surface area contributed by atoms with E-state index in [0.29, 0.717) is 17.0 Å². The van der Waals surface area contributed by atoms with Gasteiger partial charge in [-0.15, -0.1) is 0 Å². The largest absolute Gasteiger partial charge is 0.395 e. The average molecular weight is 494 g/mol. The fourth-order valence-electron chi connectivity index (χ4n) is 5.04. The molecule has 1 aliphatic carbocycles. The van der Waals surface area contributed by atoms with Crippen molar-refractivity contribution in [3.05, 3.63) is 59.0 Å². The zero-order chi connectivity index (χ0) is 24.7. The van der Waals surface area contributed by atoms with E-state index < -0.39 is 29.3 Å². The molecule has 0 radical (unpaired) electrons. The number of hydrogen-bond acceptors (Lipinski definition) is 4. The molecule has 0 spiro atoms. The maximum atomic E-state index is 14.3. The lowest BCUT2D eigenvalue weighted by Gasteiger charge is -2.37. The van der Waals surface area contributed by atoms with Crippen LogP contribution < -0.4 is 5.73 Å². The van der Waals surface area contributed by atoms with Crippen LogP contribution in [0.25, 0.3) is 10.9 Å². The Balaban J connectivity index is 1.70. The van der Waals surface area contributed by atoms with Crippen LogP contribution in [0.4, 0.5) is 13.2 Å². The van der Waals surface area contributed by atoms with Gasteiger partial charge in [0.2, 0.25) is 5.91 Å². The van der Waals surface area contributed by atoms with E-state index in [4.69, 9.17) is 17.3 Å². The van der Waals surface area contributed by atoms with Gasteiger partial charge >= 0.3 is 6.18 Å². The molecule has 182 valence electrons. The van der Waals surface area contributed by atoms with Crippen molar-refractivity contribution in [3.8, 4) is 0 Å². The van der Waals surface area contributed by atoms with E-state index in [1.165, 1.54) is 12.4 Å². The fraction of sp³-hybridized carbons (Fsp3) is 0.458. The minimum Gasteiger partial charge on any atom is -0.369 e. The maximum absolute atomic E-state index is 14.3. The molecule has 3 atom stereocenters. The Kier molecular flexibility index (Phi) is 6.61. The van der Waals surface area contributed by atoms with Crippen molar-refractivity contribution >= 4 is 28.4 Å². The summed E-state index contributed by atoms with van der Waals surface area (Å²) in [6.45, 7) is 0. The number of halogens is 4. The summed E-state index contributed by atoms with van der Waals surface area (Å²) in [5.41, 5.74) is 5.89. The standard InChI is InChI=1S/C24H27ClF3N5O/c1-33(2)16(11-15-3-4-19-18(21(15)25)13-31-32-19)12-17(22(29)34)20(14-5-9-30-10-6-14)23(7-8-23)24(26,27)28/h3-6,9-10,13,16-17,20H,7-8,11-12H2,1-2H3,(H2,29,34)(H,31,32)/t16-,17?,20?/m1/s1. The predicted molar refractivity (Wildman–Crippen MR) is 124 cm³/mol. The van der Waals surface area contributed by atoms with Gasteiger partial charge in [-0.05, 0) is 69.1 Å². The summed E-state index contributed by atoms with van der Waals surface area (Å²) < 4.78 is 42.8. The predicted octanol–water partition coefficient (Wildman–Crippen LogP) is 4.70. The number of aromatic amines is 1. The van der Waals surface area contributed by atoms with Crippen LogP contribution in [-0.2, 0) is 11.2 Å². The molecule has 3 N–H and O–H groups in total. The Hall–Kier alpha value is -2.65. The first kappa shape index (κ1) is 24.5. The SMILES string of the molecule is CN(C)[C@H](Cc1ccc2[nH]ncc2c1Cl)CC(C(N)=O)C(c1ccncc1)C1(C(F)(F)F)CC1. The Bertz CT molecular complexity index is 1160. The van der Waals surface area contributed by atoms with Gasteiger partial charge in [-0.25, -0.2) is 0 Å². The maximum Gasteiger partial charge on any atom is 0.395 e. The highest BCUT2D eigenvalue weighted by molar-refractivity contribution is 6.36. The first-order chi connectivity index (χ1) is 16.0. The van der Waals surface area contributed by atoms with Crippen LogP contribution in [0, 0.1) is 11.3 Å². The number of likely N-dealkylation sites (N-methyl/N-ethyl adjacent to an activating group) is 1. The fourth-order valence-corrected chi connectivity index (χ4v) is 5.33. The molecular formula is C24H27ClF3N5O. The lowest BCUT2D eigenvalue weighted by Crippen LogP contribution is -2.43. The molecule has 2 heterocycles. The molecule has 2 aromatic heterocycles. The number of carbonyl (C=O) groups excluding carboxylic acids is 1. The number of nitrogens with zero attached hydrogens (tertiary/aromatic N) is 3. The van der Waals surface area contributed by atoms with Crippen molar-refractivity contribution in [2.24, 2.45) is 17.1 Å². The van der Waals surface area contributed by atoms with Gasteiger partial charge in [0.05, 0.1) is 22.2 Å². The topological polar surface area (TPSA) is 87.9 Å². The van der Waals surface area contributed by atoms with Crippen molar-refractivity contribution in [2.75, 3.05) is 14.1 Å². The zero-order valence-corrected chi connectivity index (χ0v) is 19.7. The Morgan fingerprint density at radius 2 is 1.91 bits per heavy atom. The summed E-state index contributed by atoms with van der Waals surface area (Å²) >= 11 is 6.61. The minimum atomic E-state index is -4.45. The molecular weight excluding hydrogens is 467 g/mol. The number of pyridine rings is 1. The molecule has 1 aromatic carbocycles. The molecule has 34 heavy (non-hydrogen) atoms. The van der Waals surface area contributed by atoms with E-state index in [9.17, 15) is 18.0 Å². The number of aromatic nitrogens is 3. The third kappa shape index (κ3) is 4.51. The highest BCUT2D eigenvalue weighted by Gasteiger charge is 2.69. The molecule has 3 aromatic rings. The molecule has 6 nitrogen and oxygen atoms in total. The molecule has 1 amide bonds. The van der Waals surface area contributed by atoms with E-state index in [1.807, 2.05) is 31.1 Å². The zero-order valence-electron chi connectivity index (χ0n) is 18.9. The van der Waals surface area contributed by atoms with Crippen LogP contribution in [0.5, 0.6) is 0 Å². The summed E-state index contributed by atoms with van der Waals surface area (Å²) in [6.07, 6.45) is 0.652. The molecule has 0 bridgehead atoms. The summed E-state index contributed by atoms with van der Waals surface area (Å²) in [6, 6.07) is 6.58. The molecule has 2 unspecified atom stereocenters. The van der Waals surface area contributed by atoms with Gasteiger partial charge in [-0.3, -0.25) is 14.9 Å². The molecule has 1 saturated carbocycles. The first-order valence-electron chi connectivity index (χ1n) is 11.1. The number of benzene rings is 1. The van der Waals surface area contributed by atoms with Gasteiger partial charge in [0, 0.05) is 35.7 Å². The molecule has 0 saturated heterocycles. The molecule has 1 fully saturated rings. The first-order valence-corrected chi connectivity index (χ1v) is 11.5. The van der Waals surface area contributed by atoms with Crippen molar-refractivity contribution in [1.29, 1.82) is 0 Å². The quantitative estimate of drug-likeness (QED) is 0.452. The van der Waals surface area contributed by atoms with Crippen LogP contribution in [-0.4, -0.2) is 52.3 Å². The number of rotatable bonds is 9. The van der Waals surface area contributed by atoms with Crippen LogP contribution in [0.1, 0.15) is 36.3 Å². The number of amides is 1. The average Bonchev–Trinajstić information content (AvgIpc) is 3.44. The number of alkyl halides is 3. The summed E-state index contributed by atoms with van der Waals surface area (Å²) in [5, 5.41) is 8.18. The van der Waals surface area contributed by atoms with Crippen molar-refractivity contribution in [2.45, 2.75) is 43.8 Å². The Morgan fingerprint density at radius 1 is 1.24 bits per heavy atom. The van der Waals surface area contributed by atoms with Crippen molar-refractivity contribution in [3.63, 3.8) is 0 Å². The van der Waals surface area contributed by atoms with Gasteiger partial charge in [-0.2, -0.15) is 18.3 Å². The van der Waals surface area contributed by atoms with Gasteiger partial charge < -0.3 is 10.6 Å². The van der Waals surface area contributed by atoms with Gasteiger partial charge in [0.15, 0.2) is 0 Å². The smallest absolute Gasteiger partial charge is 0.369 e. The highest BCUT2D eigenvalue weighted by atomic mass is 35.5. The van der Waals surface area contributed by atoms with E-state index in [-0.39, 0.29) is 25.3 Å². The van der Waals surface area contributed by atoms with Gasteiger partial charge in [-0.1, -0.05) is 17.7 Å². The summed E-state index contributed by atoms with van der Waals surface area (Å²) in [4.78, 5) is 18.6. The van der Waals surface area contributed by atoms with E-state index in [1.54, 1.807) is 18.3 Å². The van der Waals surface area contributed by atoms with E-state index >= 15 is 0 Å². The second-order valence-corrected chi connectivity index (χ2v) is 9.73. The number of carbonyl (C=O) groups is 1. The lowest BCUT2D eigenvalue weighted by molar-refractivity contribution is -0.198. The number of H-pyrrole nitrogens is 1. The Morgan fingerprint density at radius 3 is 2.47 bits per heavy atom. The van der Waals surface area contributed by atoms with Crippen LogP contribution in [0.2, 0.25) is 5.02 Å². The normalized spacial score (nSPS) is 18.1. The summed E-state index contributed by atoms with van der Waals surface area (Å²) in [7, 11) is 3.68. The van der Waals surface area contributed by atoms with Crippen molar-refractivity contribution < 1.29 is 18.0 Å². The van der Waals surface area contributed by atoms with E-state index in [0.717, 1.165) is 16.5 Å². The lowest BCUT2D eigenvalue weighted by atomic mass is 9.71. The Labute approximate surface area is 200 Å². The second kappa shape index (κ2) is 9.19. The third-order valence-electron chi connectivity index (χ3n) is 7.13.